The third-order valence-corrected chi connectivity index (χ3v) is 7.16. The topological polar surface area (TPSA) is 81.9 Å². The maximum absolute atomic E-state index is 13.6. The van der Waals surface area contributed by atoms with Gasteiger partial charge < -0.3 is 20.1 Å². The Balaban J connectivity index is 1.73. The second-order valence-corrected chi connectivity index (χ2v) is 10.8. The van der Waals surface area contributed by atoms with Gasteiger partial charge in [-0.2, -0.15) is 0 Å². The largest absolute Gasteiger partial charge is 0.467 e. The Morgan fingerprint density at radius 1 is 0.946 bits per heavy atom. The van der Waals surface area contributed by atoms with Gasteiger partial charge in [-0.05, 0) is 27.7 Å². The molecule has 1 saturated heterocycles. The first-order chi connectivity index (χ1) is 17.6. The number of hydrogen-bond donors (Lipinski definition) is 1. The highest BCUT2D eigenvalue weighted by atomic mass is 16.5. The average Bonchev–Trinajstić information content (AvgIpc) is 3.32. The van der Waals surface area contributed by atoms with E-state index in [1.54, 1.807) is 4.90 Å². The number of ether oxygens (including phenoxy) is 2. The number of esters is 1. The van der Waals surface area contributed by atoms with Crippen molar-refractivity contribution in [2.24, 2.45) is 11.1 Å². The van der Waals surface area contributed by atoms with Crippen LogP contribution >= 0.6 is 0 Å². The molecule has 1 amide bonds. The zero-order valence-electron chi connectivity index (χ0n) is 22.0. The van der Waals surface area contributed by atoms with Gasteiger partial charge in [-0.15, -0.1) is 0 Å². The van der Waals surface area contributed by atoms with Crippen LogP contribution in [0.15, 0.2) is 84.9 Å². The van der Waals surface area contributed by atoms with Crippen molar-refractivity contribution < 1.29 is 19.1 Å². The number of carbonyl (C=O) groups is 2. The van der Waals surface area contributed by atoms with E-state index in [9.17, 15) is 9.59 Å². The van der Waals surface area contributed by atoms with Gasteiger partial charge in [0.15, 0.2) is 0 Å². The van der Waals surface area contributed by atoms with Crippen LogP contribution in [0, 0.1) is 5.41 Å². The molecule has 1 aliphatic rings. The van der Waals surface area contributed by atoms with Crippen molar-refractivity contribution in [1.29, 1.82) is 0 Å². The Morgan fingerprint density at radius 2 is 1.51 bits per heavy atom. The molecule has 194 valence electrons. The van der Waals surface area contributed by atoms with Gasteiger partial charge in [0.2, 0.25) is 5.91 Å². The summed E-state index contributed by atoms with van der Waals surface area (Å²) in [5.74, 6) is -0.755. The summed E-state index contributed by atoms with van der Waals surface area (Å²) in [5.41, 5.74) is 9.09. The lowest BCUT2D eigenvalue weighted by atomic mass is 9.86. The quantitative estimate of drug-likeness (QED) is 0.466. The van der Waals surface area contributed by atoms with Crippen LogP contribution in [0.5, 0.6) is 0 Å². The molecule has 0 aromatic heterocycles. The van der Waals surface area contributed by atoms with E-state index in [2.05, 4.69) is 24.3 Å². The van der Waals surface area contributed by atoms with Gasteiger partial charge in [0, 0.05) is 6.42 Å². The Labute approximate surface area is 219 Å². The summed E-state index contributed by atoms with van der Waals surface area (Å²) < 4.78 is 11.8. The van der Waals surface area contributed by atoms with E-state index >= 15 is 0 Å². The van der Waals surface area contributed by atoms with Crippen LogP contribution < -0.4 is 5.73 Å². The molecule has 6 heteroatoms. The molecule has 3 atom stereocenters. The number of hydrogen-bond acceptors (Lipinski definition) is 5. The summed E-state index contributed by atoms with van der Waals surface area (Å²) in [6.45, 7) is 6.29. The second-order valence-electron chi connectivity index (χ2n) is 10.8. The number of rotatable bonds is 7. The molecule has 1 unspecified atom stereocenters. The van der Waals surface area contributed by atoms with Crippen molar-refractivity contribution in [3.05, 3.63) is 96.1 Å². The molecule has 0 aliphatic carbocycles. The van der Waals surface area contributed by atoms with E-state index < -0.39 is 29.1 Å². The summed E-state index contributed by atoms with van der Waals surface area (Å²) in [6.07, 6.45) is 0.278. The van der Waals surface area contributed by atoms with Crippen molar-refractivity contribution in [2.75, 3.05) is 13.7 Å². The van der Waals surface area contributed by atoms with Gasteiger partial charge in [-0.25, -0.2) is 4.79 Å². The molecule has 6 nitrogen and oxygen atoms in total. The summed E-state index contributed by atoms with van der Waals surface area (Å²) >= 11 is 0. The molecule has 37 heavy (non-hydrogen) atoms. The van der Waals surface area contributed by atoms with Crippen molar-refractivity contribution >= 4 is 11.9 Å². The third-order valence-electron chi connectivity index (χ3n) is 7.16. The molecule has 0 spiro atoms. The van der Waals surface area contributed by atoms with Crippen LogP contribution in [-0.4, -0.2) is 42.5 Å². The van der Waals surface area contributed by atoms with Crippen LogP contribution in [0.1, 0.15) is 38.3 Å². The van der Waals surface area contributed by atoms with Gasteiger partial charge in [0.25, 0.3) is 0 Å². The van der Waals surface area contributed by atoms with Crippen LogP contribution in [0.4, 0.5) is 0 Å². The van der Waals surface area contributed by atoms with E-state index in [1.165, 1.54) is 7.11 Å². The lowest BCUT2D eigenvalue weighted by molar-refractivity contribution is -0.152. The zero-order valence-corrected chi connectivity index (χ0v) is 22.0. The molecule has 1 fully saturated rings. The minimum Gasteiger partial charge on any atom is -0.467 e. The molecule has 3 aromatic carbocycles. The number of carbonyl (C=O) groups excluding carboxylic acids is 2. The van der Waals surface area contributed by atoms with E-state index in [-0.39, 0.29) is 18.9 Å². The molecule has 3 aromatic rings. The maximum atomic E-state index is 13.6. The fourth-order valence-electron chi connectivity index (χ4n) is 4.79. The molecule has 2 N–H and O–H groups in total. The van der Waals surface area contributed by atoms with Gasteiger partial charge in [0.1, 0.15) is 11.6 Å². The van der Waals surface area contributed by atoms with E-state index in [1.807, 2.05) is 81.4 Å². The summed E-state index contributed by atoms with van der Waals surface area (Å²) in [5, 5.41) is 0. The van der Waals surface area contributed by atoms with Crippen LogP contribution in [0.25, 0.3) is 11.1 Å². The number of nitrogens with two attached hydrogens (primary N) is 1. The smallest absolute Gasteiger partial charge is 0.328 e. The average molecular weight is 501 g/mol. The summed E-state index contributed by atoms with van der Waals surface area (Å²) in [4.78, 5) is 28.1. The van der Waals surface area contributed by atoms with Gasteiger partial charge in [-0.3, -0.25) is 4.79 Å². The Kier molecular flexibility index (Phi) is 7.81. The normalized spacial score (nSPS) is 20.5. The number of likely N-dealkylation sites (tertiary alicyclic amines) is 1. The molecular formula is C31H36N2O4. The van der Waals surface area contributed by atoms with E-state index in [4.69, 9.17) is 15.2 Å². The highest BCUT2D eigenvalue weighted by Crippen LogP contribution is 2.42. The minimum absolute atomic E-state index is 0.201. The number of amides is 1. The van der Waals surface area contributed by atoms with Crippen molar-refractivity contribution in [3.8, 4) is 11.1 Å². The number of methoxy groups -OCH3 is 1. The predicted octanol–water partition coefficient (Wildman–Crippen LogP) is 4.91. The Bertz CT molecular complexity index is 1210. The number of nitrogens with zero attached hydrogens (tertiary/aromatic N) is 1. The second kappa shape index (κ2) is 10.9. The fraction of sp³-hybridized carbons (Fsp3) is 0.355. The van der Waals surface area contributed by atoms with Crippen LogP contribution in [-0.2, 0) is 31.3 Å². The predicted molar refractivity (Wildman–Crippen MR) is 144 cm³/mol. The standard InChI is InChI=1S/C31H36N2O4/c1-30(2,3)27(32)28(34)33-21-31(19-26(33)29(35)36-4,37-20-22-11-7-5-8-12-22)25-17-15-24(16-18-25)23-13-9-6-10-14-23/h5-18,26-27H,19-21,32H2,1-4H3/t26?,27-,31+/m1/s1. The monoisotopic (exact) mass is 500 g/mol. The Hall–Kier alpha value is -3.48. The first-order valence-corrected chi connectivity index (χ1v) is 12.6. The number of benzene rings is 3. The lowest BCUT2D eigenvalue weighted by Gasteiger charge is -2.33. The Morgan fingerprint density at radius 3 is 2.08 bits per heavy atom. The molecule has 0 bridgehead atoms. The molecule has 1 aliphatic heterocycles. The van der Waals surface area contributed by atoms with Crippen LogP contribution in [0.3, 0.4) is 0 Å². The van der Waals surface area contributed by atoms with Gasteiger partial charge in [-0.1, -0.05) is 106 Å². The SMILES string of the molecule is COC(=O)C1C[C@@](OCc2ccccc2)(c2ccc(-c3ccccc3)cc2)CN1C(=O)[C@@H](N)C(C)(C)C. The van der Waals surface area contributed by atoms with E-state index in [0.29, 0.717) is 6.61 Å². The maximum Gasteiger partial charge on any atom is 0.328 e. The van der Waals surface area contributed by atoms with Crippen molar-refractivity contribution in [2.45, 2.75) is 51.5 Å². The van der Waals surface area contributed by atoms with E-state index in [0.717, 1.165) is 22.3 Å². The lowest BCUT2D eigenvalue weighted by Crippen LogP contribution is -2.53. The highest BCUT2D eigenvalue weighted by molar-refractivity contribution is 5.89. The fourth-order valence-corrected chi connectivity index (χ4v) is 4.79. The molecular weight excluding hydrogens is 464 g/mol. The van der Waals surface area contributed by atoms with Crippen molar-refractivity contribution in [3.63, 3.8) is 0 Å². The highest BCUT2D eigenvalue weighted by Gasteiger charge is 2.52. The van der Waals surface area contributed by atoms with Crippen molar-refractivity contribution in [1.82, 2.24) is 4.90 Å². The summed E-state index contributed by atoms with van der Waals surface area (Å²) in [6, 6.07) is 26.6. The molecule has 4 rings (SSSR count). The first-order valence-electron chi connectivity index (χ1n) is 12.6. The summed E-state index contributed by atoms with van der Waals surface area (Å²) in [7, 11) is 1.34. The van der Waals surface area contributed by atoms with Gasteiger partial charge >= 0.3 is 5.97 Å². The zero-order chi connectivity index (χ0) is 26.6. The van der Waals surface area contributed by atoms with Gasteiger partial charge in [0.05, 0.1) is 26.3 Å². The third kappa shape index (κ3) is 5.76. The first kappa shape index (κ1) is 26.6. The van der Waals surface area contributed by atoms with Crippen LogP contribution in [0.2, 0.25) is 0 Å². The minimum atomic E-state index is -0.906. The molecule has 0 saturated carbocycles. The molecule has 1 heterocycles. The molecule has 0 radical (unpaired) electrons.